The minimum atomic E-state index is -0.458. The quantitative estimate of drug-likeness (QED) is 0.884. The van der Waals surface area contributed by atoms with Gasteiger partial charge in [-0.3, -0.25) is 4.79 Å². The molecule has 7 heteroatoms. The average Bonchev–Trinajstić information content (AvgIpc) is 3.35. The molecule has 1 aliphatic carbocycles. The van der Waals surface area contributed by atoms with Crippen LogP contribution < -0.4 is 10.6 Å². The van der Waals surface area contributed by atoms with E-state index in [0.29, 0.717) is 24.7 Å². The van der Waals surface area contributed by atoms with Crippen LogP contribution in [0.3, 0.4) is 0 Å². The van der Waals surface area contributed by atoms with E-state index in [9.17, 15) is 4.79 Å². The molecule has 6 nitrogen and oxygen atoms in total. The van der Waals surface area contributed by atoms with Crippen LogP contribution in [0.2, 0.25) is 0 Å². The third-order valence-corrected chi connectivity index (χ3v) is 5.51. The first-order chi connectivity index (χ1) is 12.1. The van der Waals surface area contributed by atoms with E-state index in [-0.39, 0.29) is 24.2 Å². The van der Waals surface area contributed by atoms with E-state index in [4.69, 9.17) is 10.3 Å². The number of aromatic nitrogens is 2. The summed E-state index contributed by atoms with van der Waals surface area (Å²) in [6.45, 7) is 2.69. The number of nitrogens with two attached hydrogens (primary N) is 1. The predicted octanol–water partition coefficient (Wildman–Crippen LogP) is 3.30. The Hall–Kier alpha value is -1.92. The summed E-state index contributed by atoms with van der Waals surface area (Å²) < 4.78 is 5.48. The van der Waals surface area contributed by atoms with Gasteiger partial charge in [-0.2, -0.15) is 4.98 Å². The van der Waals surface area contributed by atoms with E-state index in [2.05, 4.69) is 29.2 Å². The van der Waals surface area contributed by atoms with Crippen LogP contribution in [0, 0.1) is 0 Å². The van der Waals surface area contributed by atoms with Crippen molar-refractivity contribution in [1.82, 2.24) is 10.1 Å². The number of anilines is 1. The monoisotopic (exact) mass is 376 g/mol. The number of amides is 1. The van der Waals surface area contributed by atoms with Gasteiger partial charge in [0.05, 0.1) is 11.5 Å². The number of nitrogens with zero attached hydrogens (tertiary/aromatic N) is 3. The molecule has 2 aromatic rings. The summed E-state index contributed by atoms with van der Waals surface area (Å²) in [4.78, 5) is 18.8. The van der Waals surface area contributed by atoms with Gasteiger partial charge >= 0.3 is 0 Å². The van der Waals surface area contributed by atoms with Gasteiger partial charge in [0, 0.05) is 18.7 Å². The largest absolute Gasteiger partial charge is 0.339 e. The minimum absolute atomic E-state index is 0. The molecule has 1 unspecified atom stereocenters. The highest BCUT2D eigenvalue weighted by atomic mass is 35.5. The van der Waals surface area contributed by atoms with Gasteiger partial charge < -0.3 is 15.2 Å². The van der Waals surface area contributed by atoms with Gasteiger partial charge in [0.2, 0.25) is 11.8 Å². The van der Waals surface area contributed by atoms with E-state index in [0.717, 1.165) is 37.8 Å². The van der Waals surface area contributed by atoms with Crippen LogP contribution in [0.4, 0.5) is 5.69 Å². The Balaban J connectivity index is 0.00000196. The molecule has 140 valence electrons. The van der Waals surface area contributed by atoms with Crippen molar-refractivity contribution in [1.29, 1.82) is 0 Å². The van der Waals surface area contributed by atoms with E-state index in [1.807, 2.05) is 17.0 Å². The van der Waals surface area contributed by atoms with E-state index < -0.39 is 5.54 Å². The molecule has 0 bridgehead atoms. The Kier molecular flexibility index (Phi) is 5.34. The summed E-state index contributed by atoms with van der Waals surface area (Å²) in [7, 11) is 0. The number of carbonyl (C=O) groups excluding carboxylic acids is 1. The number of carbonyl (C=O) groups is 1. The second-order valence-corrected chi connectivity index (χ2v) is 7.24. The van der Waals surface area contributed by atoms with Gasteiger partial charge in [-0.05, 0) is 37.0 Å². The van der Waals surface area contributed by atoms with Crippen LogP contribution in [0.25, 0.3) is 0 Å². The van der Waals surface area contributed by atoms with Gasteiger partial charge in [-0.1, -0.05) is 37.1 Å². The number of aryl methyl sites for hydroxylation is 1. The smallest absolute Gasteiger partial charge is 0.232 e. The molecule has 1 aliphatic heterocycles. The van der Waals surface area contributed by atoms with Crippen molar-refractivity contribution in [3.63, 3.8) is 0 Å². The summed E-state index contributed by atoms with van der Waals surface area (Å²) in [5.41, 5.74) is 8.13. The molecule has 0 radical (unpaired) electrons. The van der Waals surface area contributed by atoms with E-state index >= 15 is 0 Å². The summed E-state index contributed by atoms with van der Waals surface area (Å²) in [5.74, 6) is 1.16. The van der Waals surface area contributed by atoms with Crippen molar-refractivity contribution in [2.75, 3.05) is 11.4 Å². The van der Waals surface area contributed by atoms with Crippen LogP contribution in [-0.2, 0) is 16.8 Å². The first-order valence-electron chi connectivity index (χ1n) is 9.11. The highest BCUT2D eigenvalue weighted by Gasteiger charge is 2.39. The molecule has 1 atom stereocenters. The second-order valence-electron chi connectivity index (χ2n) is 7.24. The molecule has 1 saturated heterocycles. The highest BCUT2D eigenvalue weighted by molar-refractivity contribution is 5.96. The maximum absolute atomic E-state index is 12.5. The third kappa shape index (κ3) is 3.35. The number of halogens is 1. The second kappa shape index (κ2) is 7.37. The molecule has 2 heterocycles. The Bertz CT molecular complexity index is 768. The van der Waals surface area contributed by atoms with Crippen molar-refractivity contribution in [3.05, 3.63) is 41.5 Å². The number of hydrogen-bond acceptors (Lipinski definition) is 5. The molecule has 4 rings (SSSR count). The number of hydrogen-bond donors (Lipinski definition) is 1. The molecule has 26 heavy (non-hydrogen) atoms. The zero-order chi connectivity index (χ0) is 17.4. The topological polar surface area (TPSA) is 85.2 Å². The summed E-state index contributed by atoms with van der Waals surface area (Å²) in [6, 6.07) is 8.15. The average molecular weight is 377 g/mol. The fourth-order valence-electron chi connectivity index (χ4n) is 3.87. The van der Waals surface area contributed by atoms with Crippen molar-refractivity contribution < 1.29 is 9.32 Å². The zero-order valence-corrected chi connectivity index (χ0v) is 15.8. The van der Waals surface area contributed by atoms with Crippen LogP contribution in [-0.4, -0.2) is 22.6 Å². The molecular formula is C19H25ClN4O2. The van der Waals surface area contributed by atoms with Crippen LogP contribution >= 0.6 is 12.4 Å². The standard InChI is InChI=1S/C19H24N4O2.ClH/c1-2-13-5-7-15(8-6-13)23-12-14(11-16(23)24)17-21-18(22-25-17)19(20)9-3-4-10-19;/h5-8,14H,2-4,9-12,20H2,1H3;1H. The number of rotatable bonds is 4. The first-order valence-corrected chi connectivity index (χ1v) is 9.11. The molecule has 1 amide bonds. The Morgan fingerprint density at radius 3 is 2.62 bits per heavy atom. The predicted molar refractivity (Wildman–Crippen MR) is 101 cm³/mol. The lowest BCUT2D eigenvalue weighted by atomic mass is 9.98. The van der Waals surface area contributed by atoms with Gasteiger partial charge in [0.1, 0.15) is 0 Å². The van der Waals surface area contributed by atoms with Gasteiger partial charge in [0.15, 0.2) is 5.82 Å². The molecule has 2 aliphatic rings. The summed E-state index contributed by atoms with van der Waals surface area (Å²) in [6.07, 6.45) is 5.38. The first kappa shape index (κ1) is 18.9. The normalized spacial score (nSPS) is 21.8. The fourth-order valence-corrected chi connectivity index (χ4v) is 3.87. The Labute approximate surface area is 159 Å². The van der Waals surface area contributed by atoms with Crippen molar-refractivity contribution in [2.45, 2.75) is 56.9 Å². The molecule has 2 fully saturated rings. The SMILES string of the molecule is CCc1ccc(N2CC(c3nc(C4(N)CCCC4)no3)CC2=O)cc1.Cl. The molecule has 2 N–H and O–H groups in total. The van der Waals surface area contributed by atoms with Gasteiger partial charge in [-0.25, -0.2) is 0 Å². The molecule has 0 spiro atoms. The number of benzene rings is 1. The highest BCUT2D eigenvalue weighted by Crippen LogP contribution is 2.36. The van der Waals surface area contributed by atoms with Crippen LogP contribution in [0.1, 0.15) is 62.2 Å². The molecular weight excluding hydrogens is 352 g/mol. The van der Waals surface area contributed by atoms with E-state index in [1.54, 1.807) is 0 Å². The summed E-state index contributed by atoms with van der Waals surface area (Å²) >= 11 is 0. The molecule has 1 aromatic heterocycles. The van der Waals surface area contributed by atoms with Crippen LogP contribution in [0.5, 0.6) is 0 Å². The van der Waals surface area contributed by atoms with Crippen molar-refractivity contribution in [2.24, 2.45) is 5.73 Å². The van der Waals surface area contributed by atoms with Gasteiger partial charge in [-0.15, -0.1) is 12.4 Å². The maximum atomic E-state index is 12.5. The van der Waals surface area contributed by atoms with Crippen molar-refractivity contribution in [3.8, 4) is 0 Å². The Morgan fingerprint density at radius 1 is 1.27 bits per heavy atom. The minimum Gasteiger partial charge on any atom is -0.339 e. The zero-order valence-electron chi connectivity index (χ0n) is 15.0. The molecule has 1 saturated carbocycles. The lowest BCUT2D eigenvalue weighted by Gasteiger charge is -2.18. The van der Waals surface area contributed by atoms with Gasteiger partial charge in [0.25, 0.3) is 0 Å². The Morgan fingerprint density at radius 2 is 1.96 bits per heavy atom. The molecule has 1 aromatic carbocycles. The fraction of sp³-hybridized carbons (Fsp3) is 0.526. The lowest BCUT2D eigenvalue weighted by Crippen LogP contribution is -2.34. The maximum Gasteiger partial charge on any atom is 0.232 e. The third-order valence-electron chi connectivity index (χ3n) is 5.51. The van der Waals surface area contributed by atoms with Crippen LogP contribution in [0.15, 0.2) is 28.8 Å². The summed E-state index contributed by atoms with van der Waals surface area (Å²) in [5, 5.41) is 4.12. The van der Waals surface area contributed by atoms with E-state index in [1.165, 1.54) is 5.56 Å². The lowest BCUT2D eigenvalue weighted by molar-refractivity contribution is -0.117. The van der Waals surface area contributed by atoms with Crippen molar-refractivity contribution >= 4 is 24.0 Å².